The maximum absolute atomic E-state index is 11.7. The molecule has 13 heavy (non-hydrogen) atoms. The Labute approximate surface area is 83.6 Å². The number of nitrogens with zero attached hydrogens (tertiary/aromatic N) is 2. The van der Waals surface area contributed by atoms with Gasteiger partial charge in [-0.15, -0.1) is 0 Å². The molecule has 1 heterocycles. The lowest BCUT2D eigenvalue weighted by Crippen LogP contribution is -2.34. The molecule has 1 aliphatic heterocycles. The number of amides is 1. The van der Waals surface area contributed by atoms with Crippen LogP contribution in [0.4, 0.5) is 0 Å². The molecule has 0 radical (unpaired) electrons. The zero-order valence-corrected chi connectivity index (χ0v) is 9.60. The molecule has 0 bridgehead atoms. The zero-order valence-electron chi connectivity index (χ0n) is 8.79. The number of rotatable bonds is 0. The molecule has 1 rings (SSSR count). The van der Waals surface area contributed by atoms with Crippen LogP contribution in [0.1, 0.15) is 20.8 Å². The van der Waals surface area contributed by atoms with Gasteiger partial charge in [0, 0.05) is 14.1 Å². The number of hydrogen-bond donors (Lipinski definition) is 0. The predicted octanol–water partition coefficient (Wildman–Crippen LogP) is 1.59. The third-order valence-corrected chi connectivity index (χ3v) is 3.85. The third kappa shape index (κ3) is 1.88. The minimum Gasteiger partial charge on any atom is -0.294 e. The van der Waals surface area contributed by atoms with Crippen molar-refractivity contribution in [3.05, 3.63) is 0 Å². The summed E-state index contributed by atoms with van der Waals surface area (Å²) in [6.45, 7) is 6.24. The van der Waals surface area contributed by atoms with Gasteiger partial charge in [0.15, 0.2) is 5.17 Å². The second kappa shape index (κ2) is 3.33. The van der Waals surface area contributed by atoms with E-state index in [0.29, 0.717) is 0 Å². The molecular formula is C9H16N2OS. The van der Waals surface area contributed by atoms with E-state index in [1.165, 1.54) is 0 Å². The van der Waals surface area contributed by atoms with Gasteiger partial charge in [-0.25, -0.2) is 0 Å². The molecule has 4 heteroatoms. The minimum atomic E-state index is 0.00243. The third-order valence-electron chi connectivity index (χ3n) is 2.04. The molecule has 74 valence electrons. The van der Waals surface area contributed by atoms with E-state index in [0.717, 1.165) is 5.17 Å². The van der Waals surface area contributed by atoms with Gasteiger partial charge in [0.1, 0.15) is 0 Å². The average Bonchev–Trinajstić information content (AvgIpc) is 2.28. The normalized spacial score (nSPS) is 27.5. The summed E-state index contributed by atoms with van der Waals surface area (Å²) in [7, 11) is 3.50. The van der Waals surface area contributed by atoms with E-state index >= 15 is 0 Å². The highest BCUT2D eigenvalue weighted by Crippen LogP contribution is 2.37. The molecule has 0 N–H and O–H groups in total. The Balaban J connectivity index is 2.91. The predicted molar refractivity (Wildman–Crippen MR) is 57.0 cm³/mol. The summed E-state index contributed by atoms with van der Waals surface area (Å²) in [5.74, 6) is 0.165. The second-order valence-corrected chi connectivity index (χ2v) is 5.34. The van der Waals surface area contributed by atoms with E-state index in [4.69, 9.17) is 0 Å². The maximum Gasteiger partial charge on any atom is 0.242 e. The molecule has 0 aromatic carbocycles. The first kappa shape index (κ1) is 10.6. The summed E-state index contributed by atoms with van der Waals surface area (Å²) < 4.78 is 0. The van der Waals surface area contributed by atoms with Gasteiger partial charge in [-0.3, -0.25) is 14.7 Å². The molecule has 1 aliphatic rings. The van der Waals surface area contributed by atoms with E-state index in [9.17, 15) is 4.79 Å². The Morgan fingerprint density at radius 3 is 2.23 bits per heavy atom. The van der Waals surface area contributed by atoms with Crippen molar-refractivity contribution in [2.75, 3.05) is 14.1 Å². The van der Waals surface area contributed by atoms with Gasteiger partial charge in [0.25, 0.3) is 0 Å². The van der Waals surface area contributed by atoms with Gasteiger partial charge in [-0.2, -0.15) is 0 Å². The van der Waals surface area contributed by atoms with E-state index in [1.807, 2.05) is 0 Å². The van der Waals surface area contributed by atoms with Gasteiger partial charge in [0.2, 0.25) is 5.91 Å². The van der Waals surface area contributed by atoms with Crippen molar-refractivity contribution in [1.82, 2.24) is 4.90 Å². The van der Waals surface area contributed by atoms with Gasteiger partial charge >= 0.3 is 0 Å². The molecule has 3 nitrogen and oxygen atoms in total. The topological polar surface area (TPSA) is 32.7 Å². The van der Waals surface area contributed by atoms with E-state index in [1.54, 1.807) is 30.8 Å². The quantitative estimate of drug-likeness (QED) is 0.595. The number of hydrogen-bond acceptors (Lipinski definition) is 3. The molecule has 0 saturated carbocycles. The number of amidine groups is 1. The summed E-state index contributed by atoms with van der Waals surface area (Å²) in [6, 6.07) is 0. The van der Waals surface area contributed by atoms with Crippen LogP contribution in [0.25, 0.3) is 0 Å². The fraction of sp³-hybridized carbons (Fsp3) is 0.778. The highest BCUT2D eigenvalue weighted by molar-refractivity contribution is 8.15. The van der Waals surface area contributed by atoms with Crippen LogP contribution >= 0.6 is 11.8 Å². The first-order valence-corrected chi connectivity index (χ1v) is 5.17. The lowest BCUT2D eigenvalue weighted by Gasteiger charge is -2.23. The lowest BCUT2D eigenvalue weighted by molar-refractivity contribution is -0.126. The van der Waals surface area contributed by atoms with Crippen LogP contribution in [-0.2, 0) is 4.79 Å². The van der Waals surface area contributed by atoms with Crippen LogP contribution in [0.3, 0.4) is 0 Å². The first-order valence-electron chi connectivity index (χ1n) is 4.29. The SMILES string of the molecule is CN=C1SC(C(C)(C)C)C(=O)N1C. The van der Waals surface area contributed by atoms with Crippen molar-refractivity contribution in [2.24, 2.45) is 10.4 Å². The van der Waals surface area contributed by atoms with Crippen molar-refractivity contribution >= 4 is 22.8 Å². The molecule has 1 saturated heterocycles. The molecule has 0 aromatic rings. The summed E-state index contributed by atoms with van der Waals surface area (Å²) in [5, 5.41) is 0.834. The van der Waals surface area contributed by atoms with Crippen LogP contribution in [-0.4, -0.2) is 35.3 Å². The molecule has 1 unspecified atom stereocenters. The maximum atomic E-state index is 11.7. The van der Waals surface area contributed by atoms with Crippen molar-refractivity contribution in [2.45, 2.75) is 26.0 Å². The van der Waals surface area contributed by atoms with Crippen LogP contribution in [0.15, 0.2) is 4.99 Å². The van der Waals surface area contributed by atoms with E-state index in [-0.39, 0.29) is 16.6 Å². The van der Waals surface area contributed by atoms with Crippen LogP contribution in [0.5, 0.6) is 0 Å². The Bertz CT molecular complexity index is 255. The molecule has 1 amide bonds. The van der Waals surface area contributed by atoms with Crippen LogP contribution in [0, 0.1) is 5.41 Å². The fourth-order valence-electron chi connectivity index (χ4n) is 1.25. The molecule has 0 aromatic heterocycles. The Kier molecular flexibility index (Phi) is 2.71. The Morgan fingerprint density at radius 2 is 2.00 bits per heavy atom. The van der Waals surface area contributed by atoms with Crippen LogP contribution in [0.2, 0.25) is 0 Å². The van der Waals surface area contributed by atoms with Gasteiger partial charge in [-0.05, 0) is 5.41 Å². The Morgan fingerprint density at radius 1 is 1.46 bits per heavy atom. The van der Waals surface area contributed by atoms with Crippen molar-refractivity contribution in [3.63, 3.8) is 0 Å². The summed E-state index contributed by atoms with van der Waals surface area (Å²) in [5.41, 5.74) is 0.00243. The number of thioether (sulfide) groups is 1. The first-order chi connectivity index (χ1) is 5.88. The van der Waals surface area contributed by atoms with E-state index in [2.05, 4.69) is 25.8 Å². The largest absolute Gasteiger partial charge is 0.294 e. The standard InChI is InChI=1S/C9H16N2OS/c1-9(2,3)6-7(12)11(5)8(10-4)13-6/h6H,1-5H3. The van der Waals surface area contributed by atoms with Crippen LogP contribution < -0.4 is 0 Å². The van der Waals surface area contributed by atoms with Gasteiger partial charge in [0.05, 0.1) is 5.25 Å². The van der Waals surface area contributed by atoms with E-state index < -0.39 is 0 Å². The monoisotopic (exact) mass is 200 g/mol. The highest BCUT2D eigenvalue weighted by atomic mass is 32.2. The second-order valence-electron chi connectivity index (χ2n) is 4.27. The highest BCUT2D eigenvalue weighted by Gasteiger charge is 2.42. The molecule has 1 fully saturated rings. The van der Waals surface area contributed by atoms with Crippen molar-refractivity contribution in [3.8, 4) is 0 Å². The summed E-state index contributed by atoms with van der Waals surface area (Å²) >= 11 is 1.56. The van der Waals surface area contributed by atoms with Crippen molar-refractivity contribution in [1.29, 1.82) is 0 Å². The molecule has 1 atom stereocenters. The molecule has 0 spiro atoms. The fourth-order valence-corrected chi connectivity index (χ4v) is 2.43. The number of carbonyl (C=O) groups is 1. The van der Waals surface area contributed by atoms with Gasteiger partial charge in [-0.1, -0.05) is 32.5 Å². The van der Waals surface area contributed by atoms with Crippen molar-refractivity contribution < 1.29 is 4.79 Å². The smallest absolute Gasteiger partial charge is 0.242 e. The number of aliphatic imine (C=N–C) groups is 1. The molecule has 0 aliphatic carbocycles. The Hall–Kier alpha value is -0.510. The summed E-state index contributed by atoms with van der Waals surface area (Å²) in [6.07, 6.45) is 0. The lowest BCUT2D eigenvalue weighted by atomic mass is 9.91. The minimum absolute atomic E-state index is 0.00243. The number of carbonyl (C=O) groups excluding carboxylic acids is 1. The zero-order chi connectivity index (χ0) is 10.2. The average molecular weight is 200 g/mol. The van der Waals surface area contributed by atoms with Gasteiger partial charge < -0.3 is 0 Å². The summed E-state index contributed by atoms with van der Waals surface area (Å²) in [4.78, 5) is 17.5. The molecular weight excluding hydrogens is 184 g/mol.